The number of rotatable bonds is 4. The molecule has 0 aliphatic carbocycles. The summed E-state index contributed by atoms with van der Waals surface area (Å²) in [6.45, 7) is 2.17. The molecule has 2 heterocycles. The largest absolute Gasteiger partial charge is 0.302 e. The highest BCUT2D eigenvalue weighted by Gasteiger charge is 2.10. The third-order valence-corrected chi connectivity index (χ3v) is 4.90. The van der Waals surface area contributed by atoms with Crippen LogP contribution in [0.2, 0.25) is 0 Å². The average molecular weight is 365 g/mol. The molecule has 0 aliphatic rings. The number of fused-ring (bicyclic) bond motifs is 2. The van der Waals surface area contributed by atoms with E-state index >= 15 is 0 Å². The van der Waals surface area contributed by atoms with Crippen LogP contribution in [0.1, 0.15) is 12.0 Å². The molecule has 4 aromatic rings. The minimum atomic E-state index is -0.251. The van der Waals surface area contributed by atoms with Crippen molar-refractivity contribution in [3.63, 3.8) is 0 Å². The topological polar surface area (TPSA) is 89.8 Å². The third kappa shape index (κ3) is 3.18. The standard InChI is InChI=1S/C18H15N5O2S/c1-11-6-7-14-15(10-11)26-18(19-14)20-16(24)8-9-23-17(25)12-4-2-3-5-13(12)21-22-23/h2-7,10H,8-9H2,1H3,(H,19,20,24). The fourth-order valence-corrected chi connectivity index (χ4v) is 3.62. The van der Waals surface area contributed by atoms with Gasteiger partial charge >= 0.3 is 0 Å². The highest BCUT2D eigenvalue weighted by Crippen LogP contribution is 2.26. The summed E-state index contributed by atoms with van der Waals surface area (Å²) in [5, 5.41) is 11.7. The number of carbonyl (C=O) groups excluding carboxylic acids is 1. The van der Waals surface area contributed by atoms with Crippen LogP contribution in [0.4, 0.5) is 5.13 Å². The molecule has 2 aromatic carbocycles. The number of hydrogen-bond acceptors (Lipinski definition) is 6. The van der Waals surface area contributed by atoms with E-state index in [9.17, 15) is 9.59 Å². The van der Waals surface area contributed by atoms with Crippen LogP contribution in [0, 0.1) is 6.92 Å². The van der Waals surface area contributed by atoms with E-state index < -0.39 is 0 Å². The summed E-state index contributed by atoms with van der Waals surface area (Å²) in [6, 6.07) is 13.0. The number of amides is 1. The van der Waals surface area contributed by atoms with Gasteiger partial charge in [-0.05, 0) is 36.8 Å². The van der Waals surface area contributed by atoms with Gasteiger partial charge in [-0.1, -0.05) is 34.7 Å². The lowest BCUT2D eigenvalue weighted by molar-refractivity contribution is -0.116. The number of carbonyl (C=O) groups is 1. The number of benzene rings is 2. The molecule has 0 unspecified atom stereocenters. The molecule has 0 saturated heterocycles. The Hall–Kier alpha value is -3.13. The predicted molar refractivity (Wildman–Crippen MR) is 101 cm³/mol. The van der Waals surface area contributed by atoms with E-state index in [-0.39, 0.29) is 24.4 Å². The number of nitrogens with one attached hydrogen (secondary N) is 1. The Bertz CT molecular complexity index is 1180. The molecule has 0 atom stereocenters. The molecule has 8 heteroatoms. The normalized spacial score (nSPS) is 11.1. The summed E-state index contributed by atoms with van der Waals surface area (Å²) in [5.41, 5.74) is 2.29. The summed E-state index contributed by atoms with van der Waals surface area (Å²) >= 11 is 1.43. The summed E-state index contributed by atoms with van der Waals surface area (Å²) < 4.78 is 2.24. The number of nitrogens with zero attached hydrogens (tertiary/aromatic N) is 4. The van der Waals surface area contributed by atoms with Crippen LogP contribution in [0.25, 0.3) is 21.1 Å². The van der Waals surface area contributed by atoms with Gasteiger partial charge in [-0.2, -0.15) is 0 Å². The molecule has 0 saturated carbocycles. The van der Waals surface area contributed by atoms with Crippen LogP contribution in [-0.4, -0.2) is 25.9 Å². The van der Waals surface area contributed by atoms with Crippen molar-refractivity contribution in [2.75, 3.05) is 5.32 Å². The van der Waals surface area contributed by atoms with Crippen LogP contribution in [0.3, 0.4) is 0 Å². The van der Waals surface area contributed by atoms with Gasteiger partial charge in [-0.25, -0.2) is 9.67 Å². The summed E-state index contributed by atoms with van der Waals surface area (Å²) in [6.07, 6.45) is 0.113. The van der Waals surface area contributed by atoms with Crippen molar-refractivity contribution in [1.29, 1.82) is 0 Å². The zero-order chi connectivity index (χ0) is 18.1. The minimum absolute atomic E-state index is 0.113. The van der Waals surface area contributed by atoms with Crippen molar-refractivity contribution in [2.45, 2.75) is 19.9 Å². The van der Waals surface area contributed by atoms with Crippen LogP contribution in [-0.2, 0) is 11.3 Å². The fourth-order valence-electron chi connectivity index (χ4n) is 2.64. The number of thiazole rings is 1. The Morgan fingerprint density at radius 2 is 2.04 bits per heavy atom. The number of anilines is 1. The molecule has 1 amide bonds. The van der Waals surface area contributed by atoms with Gasteiger partial charge in [0, 0.05) is 6.42 Å². The maximum Gasteiger partial charge on any atom is 0.277 e. The zero-order valence-electron chi connectivity index (χ0n) is 14.0. The van der Waals surface area contributed by atoms with Crippen molar-refractivity contribution in [1.82, 2.24) is 20.0 Å². The lowest BCUT2D eigenvalue weighted by Crippen LogP contribution is -2.26. The van der Waals surface area contributed by atoms with Gasteiger partial charge in [0.2, 0.25) is 5.91 Å². The lowest BCUT2D eigenvalue weighted by Gasteiger charge is -2.04. The second kappa shape index (κ2) is 6.64. The number of aryl methyl sites for hydroxylation is 2. The molecular weight excluding hydrogens is 350 g/mol. The van der Waals surface area contributed by atoms with Gasteiger partial charge in [-0.15, -0.1) is 5.10 Å². The maximum absolute atomic E-state index is 12.4. The van der Waals surface area contributed by atoms with Crippen LogP contribution >= 0.6 is 11.3 Å². The fraction of sp³-hybridized carbons (Fsp3) is 0.167. The Morgan fingerprint density at radius 3 is 2.92 bits per heavy atom. The summed E-state index contributed by atoms with van der Waals surface area (Å²) in [7, 11) is 0. The third-order valence-electron chi connectivity index (χ3n) is 3.97. The molecule has 2 aromatic heterocycles. The first-order valence-electron chi connectivity index (χ1n) is 8.10. The van der Waals surface area contributed by atoms with E-state index in [0.29, 0.717) is 16.0 Å². The molecule has 0 fully saturated rings. The van der Waals surface area contributed by atoms with Crippen molar-refractivity contribution < 1.29 is 4.79 Å². The monoisotopic (exact) mass is 365 g/mol. The van der Waals surface area contributed by atoms with Crippen LogP contribution in [0.5, 0.6) is 0 Å². The molecule has 26 heavy (non-hydrogen) atoms. The Labute approximate surface area is 152 Å². The minimum Gasteiger partial charge on any atom is -0.302 e. The van der Waals surface area contributed by atoms with Gasteiger partial charge in [0.05, 0.1) is 22.1 Å². The van der Waals surface area contributed by atoms with E-state index in [4.69, 9.17) is 0 Å². The molecular formula is C18H15N5O2S. The molecule has 7 nitrogen and oxygen atoms in total. The molecule has 130 valence electrons. The second-order valence-corrected chi connectivity index (χ2v) is 6.95. The van der Waals surface area contributed by atoms with Crippen molar-refractivity contribution >= 4 is 43.5 Å². The van der Waals surface area contributed by atoms with Crippen molar-refractivity contribution in [2.24, 2.45) is 0 Å². The lowest BCUT2D eigenvalue weighted by atomic mass is 10.2. The first-order chi connectivity index (χ1) is 12.6. The number of aromatic nitrogens is 4. The number of hydrogen-bond donors (Lipinski definition) is 1. The first kappa shape index (κ1) is 16.3. The van der Waals surface area contributed by atoms with Crippen LogP contribution < -0.4 is 10.9 Å². The highest BCUT2D eigenvalue weighted by atomic mass is 32.1. The van der Waals surface area contributed by atoms with Crippen molar-refractivity contribution in [3.05, 3.63) is 58.4 Å². The van der Waals surface area contributed by atoms with Gasteiger partial charge in [0.15, 0.2) is 5.13 Å². The quantitative estimate of drug-likeness (QED) is 0.601. The zero-order valence-corrected chi connectivity index (χ0v) is 14.8. The SMILES string of the molecule is Cc1ccc2nc(NC(=O)CCn3nnc4ccccc4c3=O)sc2c1. The first-order valence-corrected chi connectivity index (χ1v) is 8.91. The van der Waals surface area contributed by atoms with E-state index in [2.05, 4.69) is 20.6 Å². The Kier molecular flexibility index (Phi) is 4.18. The Morgan fingerprint density at radius 1 is 1.19 bits per heavy atom. The van der Waals surface area contributed by atoms with E-state index in [1.165, 1.54) is 16.0 Å². The van der Waals surface area contributed by atoms with Crippen molar-refractivity contribution in [3.8, 4) is 0 Å². The van der Waals surface area contributed by atoms with Crippen LogP contribution in [0.15, 0.2) is 47.3 Å². The molecule has 1 N–H and O–H groups in total. The Balaban J connectivity index is 1.46. The molecule has 0 radical (unpaired) electrons. The van der Waals surface area contributed by atoms with E-state index in [1.807, 2.05) is 25.1 Å². The maximum atomic E-state index is 12.4. The van der Waals surface area contributed by atoms with Gasteiger partial charge in [-0.3, -0.25) is 9.59 Å². The van der Waals surface area contributed by atoms with Gasteiger partial charge in [0.25, 0.3) is 5.56 Å². The van der Waals surface area contributed by atoms with E-state index in [1.54, 1.807) is 24.3 Å². The average Bonchev–Trinajstić information content (AvgIpc) is 3.02. The predicted octanol–water partition coefficient (Wildman–Crippen LogP) is 2.74. The van der Waals surface area contributed by atoms with Gasteiger partial charge in [0.1, 0.15) is 5.52 Å². The van der Waals surface area contributed by atoms with E-state index in [0.717, 1.165) is 15.8 Å². The summed E-state index contributed by atoms with van der Waals surface area (Å²) in [4.78, 5) is 29.0. The molecule has 4 rings (SSSR count). The second-order valence-electron chi connectivity index (χ2n) is 5.92. The smallest absolute Gasteiger partial charge is 0.277 e. The van der Waals surface area contributed by atoms with Gasteiger partial charge < -0.3 is 5.32 Å². The molecule has 0 aliphatic heterocycles. The molecule has 0 bridgehead atoms. The summed E-state index contributed by atoms with van der Waals surface area (Å²) in [5.74, 6) is -0.220. The highest BCUT2D eigenvalue weighted by molar-refractivity contribution is 7.22. The molecule has 0 spiro atoms.